The van der Waals surface area contributed by atoms with Crippen molar-refractivity contribution in [1.29, 1.82) is 0 Å². The van der Waals surface area contributed by atoms with Crippen LogP contribution in [-0.4, -0.2) is 45.0 Å². The molecule has 0 radical (unpaired) electrons. The number of rotatable bonds is 5. The van der Waals surface area contributed by atoms with E-state index in [9.17, 15) is 9.59 Å². The summed E-state index contributed by atoms with van der Waals surface area (Å²) in [7, 11) is 0. The predicted octanol–water partition coefficient (Wildman–Crippen LogP) is 2.55. The van der Waals surface area contributed by atoms with Crippen molar-refractivity contribution >= 4 is 12.0 Å². The molecule has 1 fully saturated rings. The zero-order valence-electron chi connectivity index (χ0n) is 12.7. The van der Waals surface area contributed by atoms with Gasteiger partial charge >= 0.3 is 12.0 Å². The van der Waals surface area contributed by atoms with E-state index >= 15 is 0 Å². The molecule has 1 aromatic rings. The predicted molar refractivity (Wildman–Crippen MR) is 76.8 cm³/mol. The normalized spacial score (nSPS) is 14.8. The van der Waals surface area contributed by atoms with Gasteiger partial charge in [-0.3, -0.25) is 4.79 Å². The van der Waals surface area contributed by atoms with Crippen LogP contribution in [0.2, 0.25) is 0 Å². The molecule has 0 atom stereocenters. The van der Waals surface area contributed by atoms with Gasteiger partial charge in [-0.15, -0.1) is 0 Å². The summed E-state index contributed by atoms with van der Waals surface area (Å²) in [6.07, 6.45) is 3.48. The molecule has 1 N–H and O–H groups in total. The maximum atomic E-state index is 12.8. The number of amides is 2. The van der Waals surface area contributed by atoms with Gasteiger partial charge < -0.3 is 19.3 Å². The van der Waals surface area contributed by atoms with Crippen LogP contribution in [0.1, 0.15) is 39.4 Å². The van der Waals surface area contributed by atoms with Gasteiger partial charge in [0.25, 0.3) is 0 Å². The van der Waals surface area contributed by atoms with E-state index in [4.69, 9.17) is 9.52 Å². The Morgan fingerprint density at radius 3 is 2.48 bits per heavy atom. The summed E-state index contributed by atoms with van der Waals surface area (Å²) in [6, 6.07) is 3.54. The Balaban J connectivity index is 2.17. The standard InChI is InChI=1S/C15H22N2O4/c1-15(2,3)17(10-13(18)19)14(20)16(11-6-7-11)9-12-5-4-8-21-12/h4-5,8,11H,6-7,9-10H2,1-3H3,(H,18,19). The van der Waals surface area contributed by atoms with Gasteiger partial charge in [0.15, 0.2) is 0 Å². The largest absolute Gasteiger partial charge is 0.480 e. The summed E-state index contributed by atoms with van der Waals surface area (Å²) < 4.78 is 5.31. The molecule has 0 aromatic carbocycles. The van der Waals surface area contributed by atoms with E-state index in [2.05, 4.69) is 0 Å². The van der Waals surface area contributed by atoms with Crippen molar-refractivity contribution in [3.05, 3.63) is 24.2 Å². The molecule has 116 valence electrons. The monoisotopic (exact) mass is 294 g/mol. The minimum Gasteiger partial charge on any atom is -0.480 e. The van der Waals surface area contributed by atoms with Gasteiger partial charge in [0.2, 0.25) is 0 Å². The fraction of sp³-hybridized carbons (Fsp3) is 0.600. The highest BCUT2D eigenvalue weighted by Gasteiger charge is 2.39. The Hall–Kier alpha value is -1.98. The number of furan rings is 1. The number of carbonyl (C=O) groups excluding carboxylic acids is 1. The fourth-order valence-electron chi connectivity index (χ4n) is 2.19. The van der Waals surface area contributed by atoms with Crippen LogP contribution < -0.4 is 0 Å². The van der Waals surface area contributed by atoms with Crippen molar-refractivity contribution < 1.29 is 19.1 Å². The summed E-state index contributed by atoms with van der Waals surface area (Å²) in [5.74, 6) is -0.300. The van der Waals surface area contributed by atoms with Crippen LogP contribution >= 0.6 is 0 Å². The van der Waals surface area contributed by atoms with Gasteiger partial charge in [-0.25, -0.2) is 4.79 Å². The Morgan fingerprint density at radius 1 is 1.38 bits per heavy atom. The quantitative estimate of drug-likeness (QED) is 0.905. The number of carbonyl (C=O) groups is 2. The van der Waals surface area contributed by atoms with E-state index in [1.54, 1.807) is 17.2 Å². The molecule has 0 saturated heterocycles. The first-order valence-electron chi connectivity index (χ1n) is 7.11. The minimum absolute atomic E-state index is 0.182. The third kappa shape index (κ3) is 4.00. The van der Waals surface area contributed by atoms with E-state index in [1.807, 2.05) is 26.8 Å². The van der Waals surface area contributed by atoms with E-state index in [1.165, 1.54) is 4.90 Å². The summed E-state index contributed by atoms with van der Waals surface area (Å²) in [6.45, 7) is 5.59. The average molecular weight is 294 g/mol. The van der Waals surface area contributed by atoms with Crippen LogP contribution in [0.5, 0.6) is 0 Å². The van der Waals surface area contributed by atoms with Crippen LogP contribution in [0.3, 0.4) is 0 Å². The maximum absolute atomic E-state index is 12.8. The van der Waals surface area contributed by atoms with Crippen LogP contribution in [0.25, 0.3) is 0 Å². The van der Waals surface area contributed by atoms with Crippen molar-refractivity contribution in [1.82, 2.24) is 9.80 Å². The first kappa shape index (κ1) is 15.4. The van der Waals surface area contributed by atoms with Crippen LogP contribution in [0, 0.1) is 0 Å². The number of nitrogens with zero attached hydrogens (tertiary/aromatic N) is 2. The Kier molecular flexibility index (Phi) is 4.25. The van der Waals surface area contributed by atoms with Gasteiger partial charge in [-0.05, 0) is 45.7 Å². The lowest BCUT2D eigenvalue weighted by atomic mass is 10.1. The lowest BCUT2D eigenvalue weighted by Crippen LogP contribution is -2.54. The summed E-state index contributed by atoms with van der Waals surface area (Å²) in [5, 5.41) is 9.06. The highest BCUT2D eigenvalue weighted by molar-refractivity contribution is 5.81. The third-order valence-electron chi connectivity index (χ3n) is 3.47. The molecule has 21 heavy (non-hydrogen) atoms. The molecule has 1 heterocycles. The van der Waals surface area contributed by atoms with Crippen molar-refractivity contribution in [2.75, 3.05) is 6.54 Å². The molecule has 1 aliphatic rings. The van der Waals surface area contributed by atoms with Crippen molar-refractivity contribution in [3.8, 4) is 0 Å². The van der Waals surface area contributed by atoms with Crippen LogP contribution in [0.4, 0.5) is 4.79 Å². The van der Waals surface area contributed by atoms with Crippen LogP contribution in [-0.2, 0) is 11.3 Å². The number of carboxylic acid groups (broad SMARTS) is 1. The Labute approximate surface area is 124 Å². The molecular formula is C15H22N2O4. The second-order valence-corrected chi connectivity index (χ2v) is 6.37. The number of hydrogen-bond donors (Lipinski definition) is 1. The van der Waals surface area contributed by atoms with Crippen molar-refractivity contribution in [3.63, 3.8) is 0 Å². The SMILES string of the molecule is CC(C)(C)N(CC(=O)O)C(=O)N(Cc1ccco1)C1CC1. The lowest BCUT2D eigenvalue weighted by Gasteiger charge is -2.38. The van der Waals surface area contributed by atoms with Crippen LogP contribution in [0.15, 0.2) is 22.8 Å². The molecule has 6 heteroatoms. The van der Waals surface area contributed by atoms with Gasteiger partial charge in [-0.2, -0.15) is 0 Å². The third-order valence-corrected chi connectivity index (χ3v) is 3.47. The van der Waals surface area contributed by atoms with Crippen molar-refractivity contribution in [2.45, 2.75) is 51.7 Å². The van der Waals surface area contributed by atoms with E-state index in [0.29, 0.717) is 12.3 Å². The summed E-state index contributed by atoms with van der Waals surface area (Å²) in [4.78, 5) is 26.9. The molecule has 1 aromatic heterocycles. The van der Waals surface area contributed by atoms with Gasteiger partial charge in [0.05, 0.1) is 12.8 Å². The molecule has 6 nitrogen and oxygen atoms in total. The van der Waals surface area contributed by atoms with Crippen molar-refractivity contribution in [2.24, 2.45) is 0 Å². The fourth-order valence-corrected chi connectivity index (χ4v) is 2.19. The van der Waals surface area contributed by atoms with Gasteiger partial charge in [0.1, 0.15) is 12.3 Å². The number of aliphatic carboxylic acids is 1. The highest BCUT2D eigenvalue weighted by Crippen LogP contribution is 2.30. The first-order valence-corrected chi connectivity index (χ1v) is 7.11. The topological polar surface area (TPSA) is 74.0 Å². The zero-order valence-corrected chi connectivity index (χ0v) is 12.7. The first-order chi connectivity index (χ1) is 9.79. The zero-order chi connectivity index (χ0) is 15.6. The second-order valence-electron chi connectivity index (χ2n) is 6.37. The van der Waals surface area contributed by atoms with Gasteiger partial charge in [0, 0.05) is 11.6 Å². The molecule has 0 unspecified atom stereocenters. The Morgan fingerprint density at radius 2 is 2.05 bits per heavy atom. The lowest BCUT2D eigenvalue weighted by molar-refractivity contribution is -0.138. The highest BCUT2D eigenvalue weighted by atomic mass is 16.4. The second kappa shape index (κ2) is 5.79. The molecule has 1 aliphatic carbocycles. The molecule has 0 aliphatic heterocycles. The maximum Gasteiger partial charge on any atom is 0.323 e. The number of hydrogen-bond acceptors (Lipinski definition) is 3. The molecular weight excluding hydrogens is 272 g/mol. The van der Waals surface area contributed by atoms with Gasteiger partial charge in [-0.1, -0.05) is 0 Å². The smallest absolute Gasteiger partial charge is 0.323 e. The molecule has 0 spiro atoms. The molecule has 2 rings (SSSR count). The summed E-state index contributed by atoms with van der Waals surface area (Å²) in [5.41, 5.74) is -0.550. The number of urea groups is 1. The Bertz CT molecular complexity index is 500. The minimum atomic E-state index is -1.01. The van der Waals surface area contributed by atoms with E-state index in [0.717, 1.165) is 12.8 Å². The molecule has 0 bridgehead atoms. The molecule has 1 saturated carbocycles. The van der Waals surface area contributed by atoms with E-state index < -0.39 is 11.5 Å². The number of carboxylic acids is 1. The summed E-state index contributed by atoms with van der Waals surface area (Å²) >= 11 is 0. The average Bonchev–Trinajstić information content (AvgIpc) is 3.08. The molecule has 2 amide bonds. The van der Waals surface area contributed by atoms with E-state index in [-0.39, 0.29) is 18.6 Å².